The van der Waals surface area contributed by atoms with Gasteiger partial charge in [-0.1, -0.05) is 18.6 Å². The number of carbonyl (C=O) groups is 2. The lowest BCUT2D eigenvalue weighted by atomic mass is 9.80. The van der Waals surface area contributed by atoms with E-state index in [4.69, 9.17) is 0 Å². The summed E-state index contributed by atoms with van der Waals surface area (Å²) in [5.41, 5.74) is 0.293. The fourth-order valence-electron chi connectivity index (χ4n) is 4.14. The van der Waals surface area contributed by atoms with E-state index in [1.54, 1.807) is 0 Å². The van der Waals surface area contributed by atoms with Crippen LogP contribution in [0.2, 0.25) is 0 Å². The highest BCUT2D eigenvalue weighted by Crippen LogP contribution is 2.40. The quantitative estimate of drug-likeness (QED) is 0.667. The Morgan fingerprint density at radius 3 is 2.33 bits per heavy atom. The van der Waals surface area contributed by atoms with E-state index in [2.05, 4.69) is 0 Å². The highest BCUT2D eigenvalue weighted by molar-refractivity contribution is 7.89. The van der Waals surface area contributed by atoms with Crippen LogP contribution in [-0.4, -0.2) is 61.7 Å². The van der Waals surface area contributed by atoms with Gasteiger partial charge in [-0.05, 0) is 38.3 Å². The molecule has 2 fully saturated rings. The molecule has 3 rings (SSSR count). The third kappa shape index (κ3) is 4.85. The number of amides is 1. The lowest BCUT2D eigenvalue weighted by Gasteiger charge is -2.38. The minimum absolute atomic E-state index is 0.00951. The number of hydrogen-bond donors (Lipinski definition) is 0. The molecule has 10 heteroatoms. The second kappa shape index (κ2) is 8.66. The summed E-state index contributed by atoms with van der Waals surface area (Å²) in [4.78, 5) is 25.7. The van der Waals surface area contributed by atoms with Gasteiger partial charge in [0.1, 0.15) is 0 Å². The number of sulfonamides is 1. The molecule has 1 aromatic rings. The highest BCUT2D eigenvalue weighted by Gasteiger charge is 2.44. The number of rotatable bonds is 4. The van der Waals surface area contributed by atoms with Crippen molar-refractivity contribution in [3.05, 3.63) is 29.8 Å². The fourth-order valence-corrected chi connectivity index (χ4v) is 5.61. The topological polar surface area (TPSA) is 74.8 Å². The van der Waals surface area contributed by atoms with Gasteiger partial charge in [0.25, 0.3) is 0 Å². The lowest BCUT2D eigenvalue weighted by molar-refractivity contribution is -0.187. The Morgan fingerprint density at radius 1 is 1.07 bits per heavy atom. The first-order valence-electron chi connectivity index (χ1n) is 9.97. The summed E-state index contributed by atoms with van der Waals surface area (Å²) in [5.74, 6) is -2.68. The van der Waals surface area contributed by atoms with Gasteiger partial charge in [0.2, 0.25) is 15.9 Å². The van der Waals surface area contributed by atoms with Crippen LogP contribution in [0, 0.1) is 11.8 Å². The van der Waals surface area contributed by atoms with E-state index in [0.717, 1.165) is 0 Å². The van der Waals surface area contributed by atoms with Crippen LogP contribution in [0.4, 0.5) is 13.2 Å². The lowest BCUT2D eigenvalue weighted by Crippen LogP contribution is -2.52. The van der Waals surface area contributed by atoms with E-state index < -0.39 is 28.0 Å². The zero-order valence-corrected chi connectivity index (χ0v) is 17.5. The monoisotopic (exact) mass is 446 g/mol. The smallest absolute Gasteiger partial charge is 0.340 e. The molecule has 6 nitrogen and oxygen atoms in total. The van der Waals surface area contributed by atoms with Crippen LogP contribution < -0.4 is 0 Å². The number of carbonyl (C=O) groups excluding carboxylic acids is 2. The molecule has 2 aliphatic rings. The molecule has 0 radical (unpaired) electrons. The summed E-state index contributed by atoms with van der Waals surface area (Å²) in [7, 11) is -3.83. The Morgan fingerprint density at radius 2 is 1.73 bits per heavy atom. The molecule has 0 spiro atoms. The average molecular weight is 446 g/mol. The third-order valence-electron chi connectivity index (χ3n) is 5.92. The number of ketones is 1. The molecule has 166 valence electrons. The molecule has 1 saturated heterocycles. The van der Waals surface area contributed by atoms with Crippen molar-refractivity contribution in [2.45, 2.75) is 43.7 Å². The largest absolute Gasteiger partial charge is 0.391 e. The van der Waals surface area contributed by atoms with Crippen molar-refractivity contribution in [3.63, 3.8) is 0 Å². The molecule has 1 aromatic carbocycles. The number of nitrogens with zero attached hydrogens (tertiary/aromatic N) is 2. The van der Waals surface area contributed by atoms with Crippen LogP contribution in [0.1, 0.15) is 43.0 Å². The molecular formula is C20H25F3N2O4S. The van der Waals surface area contributed by atoms with Crippen molar-refractivity contribution in [1.29, 1.82) is 0 Å². The molecule has 1 heterocycles. The second-order valence-corrected chi connectivity index (χ2v) is 9.85. The molecule has 1 aliphatic carbocycles. The summed E-state index contributed by atoms with van der Waals surface area (Å²) in [5, 5.41) is 0. The predicted molar refractivity (Wildman–Crippen MR) is 103 cm³/mol. The Hall–Kier alpha value is -1.94. The minimum Gasteiger partial charge on any atom is -0.340 e. The van der Waals surface area contributed by atoms with Gasteiger partial charge >= 0.3 is 6.18 Å². The van der Waals surface area contributed by atoms with Gasteiger partial charge in [0.05, 0.1) is 10.8 Å². The van der Waals surface area contributed by atoms with Gasteiger partial charge < -0.3 is 4.90 Å². The van der Waals surface area contributed by atoms with Crippen molar-refractivity contribution in [2.24, 2.45) is 11.8 Å². The van der Waals surface area contributed by atoms with Crippen LogP contribution in [0.5, 0.6) is 0 Å². The molecular weight excluding hydrogens is 421 g/mol. The zero-order chi connectivity index (χ0) is 22.1. The van der Waals surface area contributed by atoms with Crippen molar-refractivity contribution in [1.82, 2.24) is 9.21 Å². The van der Waals surface area contributed by atoms with Gasteiger partial charge in [-0.25, -0.2) is 8.42 Å². The maximum atomic E-state index is 13.0. The van der Waals surface area contributed by atoms with Crippen LogP contribution in [0.25, 0.3) is 0 Å². The molecule has 0 N–H and O–H groups in total. The summed E-state index contributed by atoms with van der Waals surface area (Å²) in [6.45, 7) is 1.75. The van der Waals surface area contributed by atoms with Gasteiger partial charge in [-0.15, -0.1) is 0 Å². The average Bonchev–Trinajstić information content (AvgIpc) is 2.73. The van der Waals surface area contributed by atoms with Crippen LogP contribution in [-0.2, 0) is 14.8 Å². The zero-order valence-electron chi connectivity index (χ0n) is 16.7. The predicted octanol–water partition coefficient (Wildman–Crippen LogP) is 3.09. The van der Waals surface area contributed by atoms with E-state index in [9.17, 15) is 31.2 Å². The van der Waals surface area contributed by atoms with Crippen molar-refractivity contribution in [3.8, 4) is 0 Å². The maximum Gasteiger partial charge on any atom is 0.391 e. The van der Waals surface area contributed by atoms with Gasteiger partial charge in [-0.3, -0.25) is 9.59 Å². The molecule has 0 aromatic heterocycles. The first kappa shape index (κ1) is 22.7. The number of Topliss-reactive ketones (excluding diaryl/α,β-unsaturated/α-hetero) is 1. The van der Waals surface area contributed by atoms with E-state index in [1.807, 2.05) is 0 Å². The maximum absolute atomic E-state index is 13.0. The molecule has 2 unspecified atom stereocenters. The molecule has 1 aliphatic heterocycles. The Bertz CT molecular complexity index is 909. The first-order valence-corrected chi connectivity index (χ1v) is 11.4. The number of benzene rings is 1. The summed E-state index contributed by atoms with van der Waals surface area (Å²) in [6, 6.07) is 5.78. The first-order chi connectivity index (χ1) is 14.0. The van der Waals surface area contributed by atoms with Gasteiger partial charge in [0.15, 0.2) is 5.78 Å². The Balaban J connectivity index is 1.63. The number of hydrogen-bond acceptors (Lipinski definition) is 4. The van der Waals surface area contributed by atoms with E-state index in [-0.39, 0.29) is 55.6 Å². The fraction of sp³-hybridized carbons (Fsp3) is 0.600. The molecule has 2 atom stereocenters. The van der Waals surface area contributed by atoms with Crippen molar-refractivity contribution < 1.29 is 31.2 Å². The van der Waals surface area contributed by atoms with Gasteiger partial charge in [-0.2, -0.15) is 17.5 Å². The third-order valence-corrected chi connectivity index (χ3v) is 7.81. The Labute approximate surface area is 174 Å². The molecule has 0 bridgehead atoms. The molecule has 1 saturated carbocycles. The summed E-state index contributed by atoms with van der Waals surface area (Å²) >= 11 is 0. The van der Waals surface area contributed by atoms with Crippen LogP contribution >= 0.6 is 0 Å². The SMILES string of the molecule is CC(=O)c1cccc(S(=O)(=O)N2CCN(C(=O)C3CCCC(C(F)(F)F)C3)CC2)c1. The van der Waals surface area contributed by atoms with Crippen molar-refractivity contribution in [2.75, 3.05) is 26.2 Å². The van der Waals surface area contributed by atoms with E-state index in [0.29, 0.717) is 18.4 Å². The second-order valence-electron chi connectivity index (χ2n) is 7.92. The van der Waals surface area contributed by atoms with Gasteiger partial charge in [0, 0.05) is 37.7 Å². The number of piperazine rings is 1. The van der Waals surface area contributed by atoms with Crippen LogP contribution in [0.3, 0.4) is 0 Å². The van der Waals surface area contributed by atoms with Crippen LogP contribution in [0.15, 0.2) is 29.2 Å². The highest BCUT2D eigenvalue weighted by atomic mass is 32.2. The summed E-state index contributed by atoms with van der Waals surface area (Å²) < 4.78 is 66.1. The van der Waals surface area contributed by atoms with Crippen molar-refractivity contribution >= 4 is 21.7 Å². The minimum atomic E-state index is -4.29. The standard InChI is InChI=1S/C20H25F3N2O4S/c1-14(26)15-4-3-7-18(13-15)30(28,29)25-10-8-24(9-11-25)19(27)16-5-2-6-17(12-16)20(21,22)23/h3-4,7,13,16-17H,2,5-6,8-12H2,1H3. The van der Waals surface area contributed by atoms with E-state index in [1.165, 1.54) is 40.4 Å². The number of alkyl halides is 3. The molecule has 30 heavy (non-hydrogen) atoms. The normalized spacial score (nSPS) is 23.9. The summed E-state index contributed by atoms with van der Waals surface area (Å²) in [6.07, 6.45) is -3.64. The molecule has 1 amide bonds. The number of halogens is 3. The van der Waals surface area contributed by atoms with E-state index >= 15 is 0 Å². The Kier molecular flexibility index (Phi) is 6.57.